The van der Waals surface area contributed by atoms with Crippen molar-refractivity contribution in [2.45, 2.75) is 25.6 Å². The Morgan fingerprint density at radius 1 is 1.21 bits per heavy atom. The molecule has 2 aliphatic heterocycles. The second-order valence-corrected chi connectivity index (χ2v) is 11.1. The zero-order valence-electron chi connectivity index (χ0n) is 19.0. The van der Waals surface area contributed by atoms with Gasteiger partial charge < -0.3 is 9.64 Å². The van der Waals surface area contributed by atoms with E-state index in [0.29, 0.717) is 16.8 Å². The van der Waals surface area contributed by atoms with E-state index in [4.69, 9.17) is 21.3 Å². The fraction of sp³-hybridized carbons (Fsp3) is 0.320. The Kier molecular flexibility index (Phi) is 6.38. The smallest absolute Gasteiger partial charge is 0.166 e. The van der Waals surface area contributed by atoms with Gasteiger partial charge in [0.2, 0.25) is 0 Å². The van der Waals surface area contributed by atoms with E-state index < -0.39 is 15.7 Å². The van der Waals surface area contributed by atoms with E-state index in [0.717, 1.165) is 28.8 Å². The highest BCUT2D eigenvalue weighted by Crippen LogP contribution is 2.39. The van der Waals surface area contributed by atoms with Crippen molar-refractivity contribution in [2.24, 2.45) is 4.99 Å². The van der Waals surface area contributed by atoms with Crippen LogP contribution >= 0.6 is 11.6 Å². The van der Waals surface area contributed by atoms with E-state index in [-0.39, 0.29) is 28.3 Å². The minimum Gasteiger partial charge on any atom is -0.494 e. The van der Waals surface area contributed by atoms with Crippen LogP contribution in [0.3, 0.4) is 0 Å². The number of ether oxygens (including phenoxy) is 1. The molecule has 1 atom stereocenters. The molecule has 0 radical (unpaired) electrons. The third-order valence-corrected chi connectivity index (χ3v) is 7.95. The molecule has 0 saturated heterocycles. The summed E-state index contributed by atoms with van der Waals surface area (Å²) in [5.74, 6) is -0.423. The van der Waals surface area contributed by atoms with E-state index in [9.17, 15) is 12.8 Å². The summed E-state index contributed by atoms with van der Waals surface area (Å²) in [5, 5.41) is 0.229. The molecule has 0 aliphatic carbocycles. The molecule has 2 aromatic rings. The van der Waals surface area contributed by atoms with Gasteiger partial charge >= 0.3 is 0 Å². The quantitative estimate of drug-likeness (QED) is 0.602. The van der Waals surface area contributed by atoms with Gasteiger partial charge in [-0.15, -0.1) is 0 Å². The number of methoxy groups -OCH3 is 1. The third kappa shape index (κ3) is 4.57. The summed E-state index contributed by atoms with van der Waals surface area (Å²) >= 11 is 6.48. The Morgan fingerprint density at radius 2 is 1.97 bits per heavy atom. The molecule has 5 nitrogen and oxygen atoms in total. The molecule has 0 N–H and O–H groups in total. The Balaban J connectivity index is 1.97. The van der Waals surface area contributed by atoms with Gasteiger partial charge in [-0.2, -0.15) is 0 Å². The SMILES string of the molecule is CCS(=O)(=O)Cc1ccc2c(c1)C1=CN(C)CC=C1[C@H](C)N=C2c1cc(OC)c(F)cc1Cl. The van der Waals surface area contributed by atoms with Crippen LogP contribution in [0.25, 0.3) is 5.57 Å². The van der Waals surface area contributed by atoms with Crippen molar-refractivity contribution in [1.82, 2.24) is 4.90 Å². The molecule has 4 rings (SSSR count). The van der Waals surface area contributed by atoms with Crippen LogP contribution in [0.4, 0.5) is 4.39 Å². The Hall–Kier alpha value is -2.64. The highest BCUT2D eigenvalue weighted by atomic mass is 35.5. The lowest BCUT2D eigenvalue weighted by Crippen LogP contribution is -2.19. The van der Waals surface area contributed by atoms with Gasteiger partial charge in [-0.05, 0) is 41.8 Å². The standard InChI is InChI=1S/C25H26ClFN2O3S/c1-5-33(30,31)14-16-6-7-18-19(10-16)21-13-29(3)9-8-17(21)15(2)28-25(18)20-11-24(32-4)23(27)12-22(20)26/h6-8,10-13,15H,5,9,14H2,1-4H3/t15-/m0/s1. The Morgan fingerprint density at radius 3 is 2.67 bits per heavy atom. The average Bonchev–Trinajstić information content (AvgIpc) is 2.88. The molecule has 0 fully saturated rings. The van der Waals surface area contributed by atoms with E-state index in [1.165, 1.54) is 13.2 Å². The monoisotopic (exact) mass is 488 g/mol. The lowest BCUT2D eigenvalue weighted by molar-refractivity contribution is 0.386. The van der Waals surface area contributed by atoms with Crippen LogP contribution in [0, 0.1) is 5.82 Å². The number of hydrogen-bond donors (Lipinski definition) is 0. The van der Waals surface area contributed by atoms with Crippen molar-refractivity contribution in [3.63, 3.8) is 0 Å². The molecular weight excluding hydrogens is 463 g/mol. The lowest BCUT2D eigenvalue weighted by Gasteiger charge is -2.25. The number of rotatable bonds is 5. The molecule has 33 heavy (non-hydrogen) atoms. The molecule has 0 unspecified atom stereocenters. The summed E-state index contributed by atoms with van der Waals surface area (Å²) in [6.07, 6.45) is 4.20. The number of hydrogen-bond acceptors (Lipinski definition) is 5. The van der Waals surface area contributed by atoms with Crippen LogP contribution in [-0.2, 0) is 15.6 Å². The van der Waals surface area contributed by atoms with Crippen molar-refractivity contribution in [3.8, 4) is 5.75 Å². The first-order chi connectivity index (χ1) is 15.6. The summed E-state index contributed by atoms with van der Waals surface area (Å²) in [5.41, 5.74) is 5.62. The number of sulfone groups is 1. The number of halogens is 2. The number of benzene rings is 2. The zero-order valence-corrected chi connectivity index (χ0v) is 20.6. The van der Waals surface area contributed by atoms with E-state index in [1.54, 1.807) is 13.0 Å². The predicted molar refractivity (Wildman–Crippen MR) is 131 cm³/mol. The fourth-order valence-corrected chi connectivity index (χ4v) is 5.33. The summed E-state index contributed by atoms with van der Waals surface area (Å²) in [6, 6.07) is 8.22. The normalized spacial score (nSPS) is 17.9. The maximum absolute atomic E-state index is 14.2. The highest BCUT2D eigenvalue weighted by molar-refractivity contribution is 7.90. The largest absolute Gasteiger partial charge is 0.494 e. The first kappa shape index (κ1) is 23.5. The van der Waals surface area contributed by atoms with Gasteiger partial charge in [-0.3, -0.25) is 4.99 Å². The Bertz CT molecular complexity index is 1320. The summed E-state index contributed by atoms with van der Waals surface area (Å²) in [6.45, 7) is 4.40. The fourth-order valence-electron chi connectivity index (χ4n) is 4.20. The van der Waals surface area contributed by atoms with Crippen molar-refractivity contribution in [3.05, 3.63) is 81.3 Å². The minimum atomic E-state index is -3.20. The highest BCUT2D eigenvalue weighted by Gasteiger charge is 2.29. The second kappa shape index (κ2) is 8.95. The molecule has 0 aromatic heterocycles. The molecule has 0 bridgehead atoms. The topological polar surface area (TPSA) is 59.0 Å². The van der Waals surface area contributed by atoms with Crippen LogP contribution in [0.1, 0.15) is 36.1 Å². The van der Waals surface area contributed by atoms with Crippen molar-refractivity contribution in [2.75, 3.05) is 26.5 Å². The van der Waals surface area contributed by atoms with Crippen molar-refractivity contribution in [1.29, 1.82) is 0 Å². The lowest BCUT2D eigenvalue weighted by atomic mass is 9.88. The molecule has 2 aromatic carbocycles. The molecular formula is C25H26ClFN2O3S. The third-order valence-electron chi connectivity index (χ3n) is 5.98. The van der Waals surface area contributed by atoms with E-state index in [2.05, 4.69) is 17.2 Å². The maximum atomic E-state index is 14.2. The van der Waals surface area contributed by atoms with E-state index >= 15 is 0 Å². The van der Waals surface area contributed by atoms with Gasteiger partial charge in [0.15, 0.2) is 21.4 Å². The minimum absolute atomic E-state index is 0.0356. The second-order valence-electron chi connectivity index (χ2n) is 8.32. The van der Waals surface area contributed by atoms with Crippen LogP contribution in [0.15, 0.2) is 53.2 Å². The number of fused-ring (bicyclic) bond motifs is 3. The summed E-state index contributed by atoms with van der Waals surface area (Å²) < 4.78 is 44.0. The number of nitrogens with zero attached hydrogens (tertiary/aromatic N) is 2. The summed E-state index contributed by atoms with van der Waals surface area (Å²) in [4.78, 5) is 7.06. The Labute approximate surface area is 199 Å². The maximum Gasteiger partial charge on any atom is 0.166 e. The van der Waals surface area contributed by atoms with E-state index in [1.807, 2.05) is 32.2 Å². The molecule has 2 heterocycles. The molecule has 0 amide bonds. The van der Waals surface area contributed by atoms with Gasteiger partial charge in [-0.25, -0.2) is 12.8 Å². The van der Waals surface area contributed by atoms with Crippen LogP contribution < -0.4 is 4.74 Å². The average molecular weight is 489 g/mol. The van der Waals surface area contributed by atoms with Crippen LogP contribution in [0.5, 0.6) is 5.75 Å². The first-order valence-electron chi connectivity index (χ1n) is 10.7. The first-order valence-corrected chi connectivity index (χ1v) is 12.9. The van der Waals surface area contributed by atoms with Crippen LogP contribution in [-0.4, -0.2) is 51.5 Å². The molecule has 0 saturated carbocycles. The van der Waals surface area contributed by atoms with Gasteiger partial charge in [-0.1, -0.05) is 36.7 Å². The van der Waals surface area contributed by atoms with Gasteiger partial charge in [0.05, 0.1) is 29.6 Å². The van der Waals surface area contributed by atoms with Gasteiger partial charge in [0, 0.05) is 42.2 Å². The van der Waals surface area contributed by atoms with Gasteiger partial charge in [0.1, 0.15) is 0 Å². The van der Waals surface area contributed by atoms with Crippen molar-refractivity contribution < 1.29 is 17.5 Å². The number of likely N-dealkylation sites (N-methyl/N-ethyl adjacent to an activating group) is 1. The van der Waals surface area contributed by atoms with Crippen molar-refractivity contribution >= 4 is 32.7 Å². The molecule has 2 aliphatic rings. The molecule has 174 valence electrons. The predicted octanol–water partition coefficient (Wildman–Crippen LogP) is 4.87. The summed E-state index contributed by atoms with van der Waals surface area (Å²) in [7, 11) is 0.196. The van der Waals surface area contributed by atoms with Crippen LogP contribution in [0.2, 0.25) is 5.02 Å². The zero-order chi connectivity index (χ0) is 23.9. The molecule has 0 spiro atoms. The molecule has 8 heteroatoms. The van der Waals surface area contributed by atoms with Gasteiger partial charge in [0.25, 0.3) is 0 Å². The number of aliphatic imine (C=N–C) groups is 1.